The standard InChI is InChI=1S/C20H23N3O5/c1-10-7-6-8-15(11(10)2)22-20(27)23-16(25)9-28-19(26)18-12(3)17(14(5)24)13(4)21-18/h6-8,21H,9H2,1-5H3,(H2,22,23,25,27). The number of ketones is 1. The average Bonchev–Trinajstić information content (AvgIpc) is 2.91. The predicted octanol–water partition coefficient (Wildman–Crippen LogP) is 2.96. The fraction of sp³-hybridized carbons (Fsp3) is 0.300. The Balaban J connectivity index is 1.92. The molecule has 0 radical (unpaired) electrons. The summed E-state index contributed by atoms with van der Waals surface area (Å²) in [5, 5.41) is 4.68. The Morgan fingerprint density at radius 2 is 1.71 bits per heavy atom. The summed E-state index contributed by atoms with van der Waals surface area (Å²) in [4.78, 5) is 50.4. The molecule has 0 aliphatic carbocycles. The Kier molecular flexibility index (Phi) is 6.35. The fourth-order valence-corrected chi connectivity index (χ4v) is 2.89. The molecule has 2 rings (SSSR count). The minimum absolute atomic E-state index is 0.107. The molecule has 0 bridgehead atoms. The number of esters is 1. The molecule has 0 aliphatic rings. The summed E-state index contributed by atoms with van der Waals surface area (Å²) in [6.07, 6.45) is 0. The van der Waals surface area contributed by atoms with E-state index in [1.807, 2.05) is 19.9 Å². The van der Waals surface area contributed by atoms with Gasteiger partial charge in [0.15, 0.2) is 12.4 Å². The van der Waals surface area contributed by atoms with E-state index in [0.717, 1.165) is 11.1 Å². The molecule has 2 aromatic rings. The molecule has 0 fully saturated rings. The molecule has 1 heterocycles. The van der Waals surface area contributed by atoms with Gasteiger partial charge in [0.1, 0.15) is 5.69 Å². The Labute approximate surface area is 162 Å². The second kappa shape index (κ2) is 8.51. The molecule has 1 aromatic carbocycles. The number of H-pyrrole nitrogens is 1. The molecule has 0 saturated heterocycles. The van der Waals surface area contributed by atoms with Crippen molar-refractivity contribution >= 4 is 29.4 Å². The van der Waals surface area contributed by atoms with Gasteiger partial charge in [0.2, 0.25) is 0 Å². The summed E-state index contributed by atoms with van der Waals surface area (Å²) in [6.45, 7) is 7.82. The lowest BCUT2D eigenvalue weighted by Gasteiger charge is -2.11. The maximum absolute atomic E-state index is 12.2. The van der Waals surface area contributed by atoms with E-state index in [2.05, 4.69) is 15.6 Å². The first-order valence-corrected chi connectivity index (χ1v) is 8.66. The highest BCUT2D eigenvalue weighted by molar-refractivity contribution is 6.03. The van der Waals surface area contributed by atoms with Gasteiger partial charge >= 0.3 is 12.0 Å². The minimum atomic E-state index is -0.779. The quantitative estimate of drug-likeness (QED) is 0.540. The molecular weight excluding hydrogens is 362 g/mol. The molecule has 8 heteroatoms. The first-order chi connectivity index (χ1) is 13.1. The number of aromatic amines is 1. The van der Waals surface area contributed by atoms with Crippen molar-refractivity contribution in [1.29, 1.82) is 0 Å². The number of anilines is 1. The zero-order valence-corrected chi connectivity index (χ0v) is 16.5. The van der Waals surface area contributed by atoms with Crippen LogP contribution in [0.2, 0.25) is 0 Å². The molecule has 0 aliphatic heterocycles. The number of ether oxygens (including phenoxy) is 1. The third kappa shape index (κ3) is 4.64. The number of aromatic nitrogens is 1. The first-order valence-electron chi connectivity index (χ1n) is 8.66. The van der Waals surface area contributed by atoms with Gasteiger partial charge in [0, 0.05) is 16.9 Å². The number of benzene rings is 1. The third-order valence-corrected chi connectivity index (χ3v) is 4.43. The Hall–Kier alpha value is -3.42. The zero-order valence-electron chi connectivity index (χ0n) is 16.5. The van der Waals surface area contributed by atoms with E-state index < -0.39 is 24.5 Å². The molecule has 0 spiro atoms. The lowest BCUT2D eigenvalue weighted by Crippen LogP contribution is -2.37. The topological polar surface area (TPSA) is 117 Å². The number of carbonyl (C=O) groups excluding carboxylic acids is 4. The summed E-state index contributed by atoms with van der Waals surface area (Å²) in [7, 11) is 0. The van der Waals surface area contributed by atoms with Gasteiger partial charge in [0.05, 0.1) is 0 Å². The number of urea groups is 1. The maximum atomic E-state index is 12.2. The van der Waals surface area contributed by atoms with Crippen molar-refractivity contribution in [1.82, 2.24) is 10.3 Å². The van der Waals surface area contributed by atoms with E-state index >= 15 is 0 Å². The summed E-state index contributed by atoms with van der Waals surface area (Å²) in [5.74, 6) is -1.73. The Morgan fingerprint density at radius 3 is 2.32 bits per heavy atom. The van der Waals surface area contributed by atoms with Gasteiger partial charge in [-0.2, -0.15) is 0 Å². The zero-order chi connectivity index (χ0) is 21.0. The van der Waals surface area contributed by atoms with Crippen molar-refractivity contribution in [2.45, 2.75) is 34.6 Å². The number of imide groups is 1. The van der Waals surface area contributed by atoms with E-state index in [1.165, 1.54) is 6.92 Å². The highest BCUT2D eigenvalue weighted by atomic mass is 16.5. The molecule has 148 valence electrons. The summed E-state index contributed by atoms with van der Waals surface area (Å²) in [5.41, 5.74) is 4.00. The number of amides is 3. The van der Waals surface area contributed by atoms with Gasteiger partial charge < -0.3 is 15.0 Å². The van der Waals surface area contributed by atoms with Crippen molar-refractivity contribution in [3.8, 4) is 0 Å². The van der Waals surface area contributed by atoms with Gasteiger partial charge in [0.25, 0.3) is 5.91 Å². The number of nitrogens with one attached hydrogen (secondary N) is 3. The summed E-state index contributed by atoms with van der Waals surface area (Å²) < 4.78 is 4.94. The lowest BCUT2D eigenvalue weighted by atomic mass is 10.1. The second-order valence-electron chi connectivity index (χ2n) is 6.51. The summed E-state index contributed by atoms with van der Waals surface area (Å²) in [6, 6.07) is 4.69. The van der Waals surface area contributed by atoms with Crippen LogP contribution in [-0.4, -0.2) is 35.3 Å². The normalized spacial score (nSPS) is 10.3. The average molecular weight is 385 g/mol. The van der Waals surface area contributed by atoms with Crippen LogP contribution < -0.4 is 10.6 Å². The van der Waals surface area contributed by atoms with E-state index in [-0.39, 0.29) is 11.5 Å². The maximum Gasteiger partial charge on any atom is 0.355 e. The van der Waals surface area contributed by atoms with E-state index in [0.29, 0.717) is 22.5 Å². The van der Waals surface area contributed by atoms with Crippen LogP contribution in [0.5, 0.6) is 0 Å². The SMILES string of the molecule is CC(=O)c1c(C)[nH]c(C(=O)OCC(=O)NC(=O)Nc2cccc(C)c2C)c1C. The minimum Gasteiger partial charge on any atom is -0.451 e. The Bertz CT molecular complexity index is 959. The number of hydrogen-bond acceptors (Lipinski definition) is 5. The van der Waals surface area contributed by atoms with Gasteiger partial charge in [-0.15, -0.1) is 0 Å². The first kappa shape index (κ1) is 20.9. The molecule has 0 unspecified atom stereocenters. The van der Waals surface area contributed by atoms with Crippen LogP contribution in [0, 0.1) is 27.7 Å². The number of aryl methyl sites for hydroxylation is 2. The number of carbonyl (C=O) groups is 4. The third-order valence-electron chi connectivity index (χ3n) is 4.43. The van der Waals surface area contributed by atoms with Gasteiger partial charge in [-0.3, -0.25) is 14.9 Å². The molecule has 3 N–H and O–H groups in total. The van der Waals surface area contributed by atoms with Crippen molar-refractivity contribution in [3.05, 3.63) is 51.8 Å². The van der Waals surface area contributed by atoms with Crippen LogP contribution in [0.1, 0.15) is 50.2 Å². The van der Waals surface area contributed by atoms with Crippen molar-refractivity contribution in [3.63, 3.8) is 0 Å². The molecule has 0 saturated carbocycles. The van der Waals surface area contributed by atoms with Crippen LogP contribution in [-0.2, 0) is 9.53 Å². The van der Waals surface area contributed by atoms with Crippen LogP contribution in [0.3, 0.4) is 0 Å². The van der Waals surface area contributed by atoms with Crippen molar-refractivity contribution in [2.75, 3.05) is 11.9 Å². The number of rotatable bonds is 5. The summed E-state index contributed by atoms with van der Waals surface area (Å²) >= 11 is 0. The molecule has 1 aromatic heterocycles. The van der Waals surface area contributed by atoms with Crippen LogP contribution >= 0.6 is 0 Å². The van der Waals surface area contributed by atoms with Crippen molar-refractivity contribution < 1.29 is 23.9 Å². The monoisotopic (exact) mass is 385 g/mol. The van der Waals surface area contributed by atoms with Crippen molar-refractivity contribution in [2.24, 2.45) is 0 Å². The largest absolute Gasteiger partial charge is 0.451 e. The lowest BCUT2D eigenvalue weighted by molar-refractivity contribution is -0.123. The smallest absolute Gasteiger partial charge is 0.355 e. The highest BCUT2D eigenvalue weighted by Crippen LogP contribution is 2.19. The van der Waals surface area contributed by atoms with Gasteiger partial charge in [-0.1, -0.05) is 12.1 Å². The van der Waals surface area contributed by atoms with E-state index in [9.17, 15) is 19.2 Å². The van der Waals surface area contributed by atoms with E-state index in [4.69, 9.17) is 4.74 Å². The number of Topliss-reactive ketones (excluding diaryl/α,β-unsaturated/α-hetero) is 1. The Morgan fingerprint density at radius 1 is 1.04 bits per heavy atom. The van der Waals surface area contributed by atoms with Gasteiger partial charge in [-0.25, -0.2) is 9.59 Å². The van der Waals surface area contributed by atoms with Crippen LogP contribution in [0.25, 0.3) is 0 Å². The molecule has 3 amide bonds. The molecular formula is C20H23N3O5. The predicted molar refractivity (Wildman–Crippen MR) is 104 cm³/mol. The number of hydrogen-bond donors (Lipinski definition) is 3. The molecule has 0 atom stereocenters. The van der Waals surface area contributed by atoms with Gasteiger partial charge in [-0.05, 0) is 57.4 Å². The van der Waals surface area contributed by atoms with Crippen LogP contribution in [0.4, 0.5) is 10.5 Å². The second-order valence-corrected chi connectivity index (χ2v) is 6.51. The van der Waals surface area contributed by atoms with E-state index in [1.54, 1.807) is 26.0 Å². The molecule has 28 heavy (non-hydrogen) atoms. The fourth-order valence-electron chi connectivity index (χ4n) is 2.89. The highest BCUT2D eigenvalue weighted by Gasteiger charge is 2.21. The molecule has 8 nitrogen and oxygen atoms in total. The van der Waals surface area contributed by atoms with Crippen LogP contribution in [0.15, 0.2) is 18.2 Å².